The lowest BCUT2D eigenvalue weighted by atomic mass is 10.1. The van der Waals surface area contributed by atoms with Gasteiger partial charge in [0.15, 0.2) is 0 Å². The van der Waals surface area contributed by atoms with Crippen molar-refractivity contribution in [2.75, 3.05) is 5.32 Å². The predicted octanol–water partition coefficient (Wildman–Crippen LogP) is 3.89. The summed E-state index contributed by atoms with van der Waals surface area (Å²) >= 11 is 0. The zero-order valence-corrected chi connectivity index (χ0v) is 9.50. The van der Waals surface area contributed by atoms with Gasteiger partial charge in [0.25, 0.3) is 0 Å². The maximum atomic E-state index is 13.3. The fraction of sp³-hybridized carbons (Fsp3) is 0.143. The Labute approximate surface area is 99.1 Å². The first-order valence-electron chi connectivity index (χ1n) is 5.39. The molecule has 0 aliphatic heterocycles. The van der Waals surface area contributed by atoms with Gasteiger partial charge in [0.05, 0.1) is 5.69 Å². The molecule has 2 aromatic rings. The highest BCUT2D eigenvalue weighted by molar-refractivity contribution is 5.45. The highest BCUT2D eigenvalue weighted by atomic mass is 19.1. The first-order valence-corrected chi connectivity index (χ1v) is 5.39. The normalized spacial score (nSPS) is 10.3. The van der Waals surface area contributed by atoms with Crippen molar-refractivity contribution in [3.05, 3.63) is 65.2 Å². The van der Waals surface area contributed by atoms with Gasteiger partial charge < -0.3 is 5.32 Å². The molecular formula is C14H13F2N. The molecule has 88 valence electrons. The van der Waals surface area contributed by atoms with E-state index in [9.17, 15) is 8.78 Å². The van der Waals surface area contributed by atoms with Gasteiger partial charge in [-0.05, 0) is 30.7 Å². The fourth-order valence-electron chi connectivity index (χ4n) is 1.54. The third-order valence-electron chi connectivity index (χ3n) is 2.53. The molecule has 1 N–H and O–H groups in total. The summed E-state index contributed by atoms with van der Waals surface area (Å²) in [6.45, 7) is 2.48. The van der Waals surface area contributed by atoms with E-state index in [4.69, 9.17) is 0 Å². The van der Waals surface area contributed by atoms with E-state index in [-0.39, 0.29) is 5.69 Å². The van der Waals surface area contributed by atoms with Crippen molar-refractivity contribution in [1.82, 2.24) is 0 Å². The van der Waals surface area contributed by atoms with Crippen LogP contribution in [0.1, 0.15) is 11.1 Å². The minimum Gasteiger partial charge on any atom is -0.379 e. The third-order valence-corrected chi connectivity index (χ3v) is 2.53. The summed E-state index contributed by atoms with van der Waals surface area (Å²) in [5.41, 5.74) is 2.38. The molecule has 0 bridgehead atoms. The summed E-state index contributed by atoms with van der Waals surface area (Å²) in [6.07, 6.45) is 0. The van der Waals surface area contributed by atoms with E-state index in [1.807, 2.05) is 31.2 Å². The highest BCUT2D eigenvalue weighted by Gasteiger charge is 2.03. The molecule has 0 fully saturated rings. The SMILES string of the molecule is Cc1ccc(CNc2cc(F)ccc2F)cc1. The van der Waals surface area contributed by atoms with E-state index < -0.39 is 11.6 Å². The Morgan fingerprint density at radius 3 is 2.41 bits per heavy atom. The lowest BCUT2D eigenvalue weighted by Gasteiger charge is -2.08. The molecule has 3 heteroatoms. The van der Waals surface area contributed by atoms with Crippen LogP contribution in [0.3, 0.4) is 0 Å². The van der Waals surface area contributed by atoms with Gasteiger partial charge in [-0.25, -0.2) is 8.78 Å². The van der Waals surface area contributed by atoms with E-state index in [1.165, 1.54) is 5.56 Å². The minimum atomic E-state index is -0.446. The molecule has 17 heavy (non-hydrogen) atoms. The van der Waals surface area contributed by atoms with E-state index in [0.29, 0.717) is 6.54 Å². The van der Waals surface area contributed by atoms with Crippen molar-refractivity contribution in [2.24, 2.45) is 0 Å². The summed E-state index contributed by atoms with van der Waals surface area (Å²) < 4.78 is 26.2. The molecule has 0 aromatic heterocycles. The standard InChI is InChI=1S/C14H13F2N/c1-10-2-4-11(5-3-10)9-17-14-8-12(15)6-7-13(14)16/h2-8,17H,9H2,1H3. The molecule has 2 aromatic carbocycles. The van der Waals surface area contributed by atoms with Gasteiger partial charge in [-0.3, -0.25) is 0 Å². The molecular weight excluding hydrogens is 220 g/mol. The van der Waals surface area contributed by atoms with Gasteiger partial charge in [-0.1, -0.05) is 29.8 Å². The Morgan fingerprint density at radius 2 is 1.71 bits per heavy atom. The summed E-state index contributed by atoms with van der Waals surface area (Å²) in [6, 6.07) is 11.3. The van der Waals surface area contributed by atoms with Crippen LogP contribution in [0.15, 0.2) is 42.5 Å². The topological polar surface area (TPSA) is 12.0 Å². The number of halogens is 2. The monoisotopic (exact) mass is 233 g/mol. The highest BCUT2D eigenvalue weighted by Crippen LogP contribution is 2.16. The fourth-order valence-corrected chi connectivity index (χ4v) is 1.54. The Balaban J connectivity index is 2.07. The van der Waals surface area contributed by atoms with Crippen LogP contribution in [0.4, 0.5) is 14.5 Å². The third kappa shape index (κ3) is 3.03. The van der Waals surface area contributed by atoms with Crippen molar-refractivity contribution in [1.29, 1.82) is 0 Å². The van der Waals surface area contributed by atoms with Crippen LogP contribution >= 0.6 is 0 Å². The quantitative estimate of drug-likeness (QED) is 0.848. The Morgan fingerprint density at radius 1 is 1.00 bits per heavy atom. The van der Waals surface area contributed by atoms with Crippen LogP contribution < -0.4 is 5.32 Å². The van der Waals surface area contributed by atoms with Crippen molar-refractivity contribution in [2.45, 2.75) is 13.5 Å². The Hall–Kier alpha value is -1.90. The zero-order chi connectivity index (χ0) is 12.3. The van der Waals surface area contributed by atoms with Crippen molar-refractivity contribution in [3.8, 4) is 0 Å². The maximum absolute atomic E-state index is 13.3. The number of hydrogen-bond acceptors (Lipinski definition) is 1. The molecule has 0 aliphatic carbocycles. The molecule has 0 atom stereocenters. The lowest BCUT2D eigenvalue weighted by molar-refractivity contribution is 0.602. The lowest BCUT2D eigenvalue weighted by Crippen LogP contribution is -2.01. The molecule has 0 heterocycles. The smallest absolute Gasteiger partial charge is 0.146 e. The Bertz CT molecular complexity index is 506. The summed E-state index contributed by atoms with van der Waals surface area (Å²) in [4.78, 5) is 0. The van der Waals surface area contributed by atoms with Crippen LogP contribution in [-0.2, 0) is 6.54 Å². The summed E-state index contributed by atoms with van der Waals surface area (Å²) in [7, 11) is 0. The second kappa shape index (κ2) is 4.95. The average Bonchev–Trinajstić information content (AvgIpc) is 2.32. The molecule has 1 nitrogen and oxygen atoms in total. The van der Waals surface area contributed by atoms with Crippen LogP contribution in [0.2, 0.25) is 0 Å². The molecule has 0 aliphatic rings. The van der Waals surface area contributed by atoms with Gasteiger partial charge >= 0.3 is 0 Å². The maximum Gasteiger partial charge on any atom is 0.146 e. The summed E-state index contributed by atoms with van der Waals surface area (Å²) in [5.74, 6) is -0.892. The van der Waals surface area contributed by atoms with E-state index >= 15 is 0 Å². The van der Waals surface area contributed by atoms with Gasteiger partial charge in [-0.15, -0.1) is 0 Å². The number of anilines is 1. The Kier molecular flexibility index (Phi) is 3.38. The second-order valence-corrected chi connectivity index (χ2v) is 3.96. The zero-order valence-electron chi connectivity index (χ0n) is 9.50. The first-order chi connectivity index (χ1) is 8.15. The molecule has 0 amide bonds. The van der Waals surface area contributed by atoms with Gasteiger partial charge in [-0.2, -0.15) is 0 Å². The van der Waals surface area contributed by atoms with Gasteiger partial charge in [0.1, 0.15) is 11.6 Å². The largest absolute Gasteiger partial charge is 0.379 e. The predicted molar refractivity (Wildman–Crippen MR) is 64.9 cm³/mol. The number of benzene rings is 2. The molecule has 0 spiro atoms. The van der Waals surface area contributed by atoms with Crippen molar-refractivity contribution < 1.29 is 8.78 Å². The molecule has 0 unspecified atom stereocenters. The molecule has 2 rings (SSSR count). The van der Waals surface area contributed by atoms with Crippen LogP contribution in [0.25, 0.3) is 0 Å². The second-order valence-electron chi connectivity index (χ2n) is 3.96. The van der Waals surface area contributed by atoms with E-state index in [0.717, 1.165) is 23.8 Å². The minimum absolute atomic E-state index is 0.186. The summed E-state index contributed by atoms with van der Waals surface area (Å²) in [5, 5.41) is 2.87. The first kappa shape index (κ1) is 11.6. The van der Waals surface area contributed by atoms with Gasteiger partial charge in [0, 0.05) is 6.54 Å². The van der Waals surface area contributed by atoms with Crippen molar-refractivity contribution in [3.63, 3.8) is 0 Å². The van der Waals surface area contributed by atoms with Crippen LogP contribution in [0, 0.1) is 18.6 Å². The van der Waals surface area contributed by atoms with E-state index in [1.54, 1.807) is 0 Å². The number of rotatable bonds is 3. The molecule has 0 radical (unpaired) electrons. The molecule has 0 saturated carbocycles. The molecule has 0 saturated heterocycles. The van der Waals surface area contributed by atoms with Crippen molar-refractivity contribution >= 4 is 5.69 Å². The van der Waals surface area contributed by atoms with Gasteiger partial charge in [0.2, 0.25) is 0 Å². The van der Waals surface area contributed by atoms with Crippen LogP contribution in [-0.4, -0.2) is 0 Å². The number of nitrogens with one attached hydrogen (secondary N) is 1. The number of aryl methyl sites for hydroxylation is 1. The number of hydrogen-bond donors (Lipinski definition) is 1. The van der Waals surface area contributed by atoms with E-state index in [2.05, 4.69) is 5.32 Å². The van der Waals surface area contributed by atoms with Crippen LogP contribution in [0.5, 0.6) is 0 Å². The average molecular weight is 233 g/mol.